The van der Waals surface area contributed by atoms with Gasteiger partial charge in [-0.15, -0.1) is 16.4 Å². The molecule has 2 aromatic rings. The lowest BCUT2D eigenvalue weighted by molar-refractivity contribution is -0.138. The predicted molar refractivity (Wildman–Crippen MR) is 70.7 cm³/mol. The highest BCUT2D eigenvalue weighted by Gasteiger charge is 2.35. The van der Waals surface area contributed by atoms with Crippen LogP contribution in [0, 0.1) is 0 Å². The Morgan fingerprint density at radius 3 is 3.00 bits per heavy atom. The molecule has 0 radical (unpaired) electrons. The minimum atomic E-state index is -0.709. The zero-order valence-corrected chi connectivity index (χ0v) is 11.7. The molecule has 3 amide bonds. The van der Waals surface area contributed by atoms with E-state index in [9.17, 15) is 14.4 Å². The van der Waals surface area contributed by atoms with E-state index in [0.717, 1.165) is 0 Å². The zero-order valence-electron chi connectivity index (χ0n) is 10.9. The van der Waals surface area contributed by atoms with Crippen molar-refractivity contribution in [1.82, 2.24) is 30.4 Å². The number of nitrogens with one attached hydrogen (secondary N) is 1. The first kappa shape index (κ1) is 13.4. The molecule has 0 aliphatic carbocycles. The van der Waals surface area contributed by atoms with Gasteiger partial charge in [-0.2, -0.15) is 4.68 Å². The molecule has 0 spiro atoms. The minimum Gasteiger partial charge on any atom is -0.317 e. The number of carbonyl (C=O) groups is 3. The number of carbonyl (C=O) groups excluding carboxylic acids is 3. The van der Waals surface area contributed by atoms with Crippen LogP contribution in [0.4, 0.5) is 0 Å². The summed E-state index contributed by atoms with van der Waals surface area (Å²) in [5.74, 6) is -1.38. The van der Waals surface area contributed by atoms with Crippen molar-refractivity contribution in [2.45, 2.75) is 13.0 Å². The molecule has 3 heterocycles. The number of hydrogen-bond acceptors (Lipinski definition) is 7. The monoisotopic (exact) mass is 306 g/mol. The zero-order chi connectivity index (χ0) is 15.0. The van der Waals surface area contributed by atoms with Crippen molar-refractivity contribution >= 4 is 29.1 Å². The van der Waals surface area contributed by atoms with Crippen LogP contribution in [0.1, 0.15) is 16.6 Å². The van der Waals surface area contributed by atoms with Gasteiger partial charge in [0.1, 0.15) is 23.8 Å². The second-order valence-electron chi connectivity index (χ2n) is 4.41. The number of aromatic nitrogens is 4. The standard InChI is InChI=1S/C11H10N6O3S/c1-6-10(19)13-8(18)4-16(6)11(20)9-7(2-3-21-9)17-5-12-14-15-17/h2-3,5-6H,4H2,1H3,(H,13,18,19). The number of piperazine rings is 1. The molecular weight excluding hydrogens is 296 g/mol. The minimum absolute atomic E-state index is 0.154. The molecule has 1 saturated heterocycles. The van der Waals surface area contributed by atoms with E-state index < -0.39 is 23.8 Å². The van der Waals surface area contributed by atoms with E-state index in [0.29, 0.717) is 10.6 Å². The van der Waals surface area contributed by atoms with Gasteiger partial charge in [0.05, 0.1) is 5.69 Å². The van der Waals surface area contributed by atoms with Crippen LogP contribution >= 0.6 is 11.3 Å². The van der Waals surface area contributed by atoms with Crippen molar-refractivity contribution in [3.63, 3.8) is 0 Å². The fraction of sp³-hybridized carbons (Fsp3) is 0.273. The van der Waals surface area contributed by atoms with Gasteiger partial charge in [-0.3, -0.25) is 19.7 Å². The molecule has 1 aliphatic rings. The van der Waals surface area contributed by atoms with Gasteiger partial charge >= 0.3 is 0 Å². The van der Waals surface area contributed by atoms with Crippen LogP contribution in [0.15, 0.2) is 17.8 Å². The fourth-order valence-corrected chi connectivity index (χ4v) is 2.84. The maximum atomic E-state index is 12.6. The van der Waals surface area contributed by atoms with E-state index in [1.807, 2.05) is 0 Å². The number of tetrazole rings is 1. The molecule has 1 unspecified atom stereocenters. The first-order chi connectivity index (χ1) is 10.1. The third-order valence-corrected chi connectivity index (χ3v) is 4.01. The second-order valence-corrected chi connectivity index (χ2v) is 5.33. The highest BCUT2D eigenvalue weighted by molar-refractivity contribution is 7.12. The number of imide groups is 1. The summed E-state index contributed by atoms with van der Waals surface area (Å²) in [6, 6.07) is 0.990. The van der Waals surface area contributed by atoms with Crippen LogP contribution in [0.2, 0.25) is 0 Å². The smallest absolute Gasteiger partial charge is 0.267 e. The van der Waals surface area contributed by atoms with E-state index in [1.165, 1.54) is 27.2 Å². The van der Waals surface area contributed by atoms with Crippen LogP contribution < -0.4 is 5.32 Å². The Morgan fingerprint density at radius 2 is 2.29 bits per heavy atom. The van der Waals surface area contributed by atoms with E-state index in [1.54, 1.807) is 18.4 Å². The van der Waals surface area contributed by atoms with Crippen LogP contribution in [0.25, 0.3) is 5.69 Å². The van der Waals surface area contributed by atoms with E-state index in [-0.39, 0.29) is 6.54 Å². The molecule has 1 atom stereocenters. The summed E-state index contributed by atoms with van der Waals surface area (Å²) in [6.07, 6.45) is 1.37. The third-order valence-electron chi connectivity index (χ3n) is 3.12. The number of amides is 3. The summed E-state index contributed by atoms with van der Waals surface area (Å²) in [5.41, 5.74) is 0.514. The van der Waals surface area contributed by atoms with Gasteiger partial charge in [-0.05, 0) is 28.8 Å². The number of rotatable bonds is 2. The van der Waals surface area contributed by atoms with Crippen LogP contribution in [0.3, 0.4) is 0 Å². The molecule has 0 saturated carbocycles. The highest BCUT2D eigenvalue weighted by Crippen LogP contribution is 2.23. The molecule has 2 aromatic heterocycles. The van der Waals surface area contributed by atoms with Gasteiger partial charge < -0.3 is 4.90 Å². The lowest BCUT2D eigenvalue weighted by atomic mass is 10.2. The van der Waals surface area contributed by atoms with Gasteiger partial charge in [-0.25, -0.2) is 0 Å². The van der Waals surface area contributed by atoms with E-state index in [2.05, 4.69) is 20.8 Å². The Morgan fingerprint density at radius 1 is 1.48 bits per heavy atom. The van der Waals surface area contributed by atoms with Gasteiger partial charge in [0, 0.05) is 0 Å². The van der Waals surface area contributed by atoms with E-state index in [4.69, 9.17) is 0 Å². The Hall–Kier alpha value is -2.62. The van der Waals surface area contributed by atoms with Crippen LogP contribution in [0.5, 0.6) is 0 Å². The Bertz CT molecular complexity index is 709. The second kappa shape index (κ2) is 5.05. The first-order valence-electron chi connectivity index (χ1n) is 6.03. The van der Waals surface area contributed by atoms with Crippen molar-refractivity contribution in [3.8, 4) is 5.69 Å². The molecule has 10 heteroatoms. The van der Waals surface area contributed by atoms with Gasteiger partial charge in [0.2, 0.25) is 11.8 Å². The highest BCUT2D eigenvalue weighted by atomic mass is 32.1. The lowest BCUT2D eigenvalue weighted by Crippen LogP contribution is -2.58. The molecule has 108 valence electrons. The molecule has 1 N–H and O–H groups in total. The van der Waals surface area contributed by atoms with Crippen molar-refractivity contribution in [3.05, 3.63) is 22.7 Å². The SMILES string of the molecule is CC1C(=O)NC(=O)CN1C(=O)c1sccc1-n1cnnn1. The summed E-state index contributed by atoms with van der Waals surface area (Å²) in [7, 11) is 0. The fourth-order valence-electron chi connectivity index (χ4n) is 2.01. The largest absolute Gasteiger partial charge is 0.317 e. The van der Waals surface area contributed by atoms with Crippen LogP contribution in [-0.2, 0) is 9.59 Å². The number of hydrogen-bond donors (Lipinski definition) is 1. The summed E-state index contributed by atoms with van der Waals surface area (Å²) in [5, 5.41) is 14.7. The van der Waals surface area contributed by atoms with Crippen molar-refractivity contribution in [2.24, 2.45) is 0 Å². The quantitative estimate of drug-likeness (QED) is 0.728. The number of thiophene rings is 1. The molecule has 1 aliphatic heterocycles. The van der Waals surface area contributed by atoms with Gasteiger partial charge in [0.15, 0.2) is 0 Å². The first-order valence-corrected chi connectivity index (χ1v) is 6.91. The lowest BCUT2D eigenvalue weighted by Gasteiger charge is -2.31. The number of nitrogens with zero attached hydrogens (tertiary/aromatic N) is 5. The molecule has 0 bridgehead atoms. The summed E-state index contributed by atoms with van der Waals surface area (Å²) in [6.45, 7) is 1.42. The van der Waals surface area contributed by atoms with Crippen molar-refractivity contribution < 1.29 is 14.4 Å². The maximum absolute atomic E-state index is 12.6. The molecule has 0 aromatic carbocycles. The van der Waals surface area contributed by atoms with Gasteiger partial charge in [-0.1, -0.05) is 0 Å². The normalized spacial score (nSPS) is 18.7. The average Bonchev–Trinajstić information content (AvgIpc) is 3.11. The van der Waals surface area contributed by atoms with Gasteiger partial charge in [0.25, 0.3) is 5.91 Å². The molecule has 1 fully saturated rings. The van der Waals surface area contributed by atoms with Crippen molar-refractivity contribution in [2.75, 3.05) is 6.54 Å². The maximum Gasteiger partial charge on any atom is 0.267 e. The Balaban J connectivity index is 1.94. The predicted octanol–water partition coefficient (Wildman–Crippen LogP) is -0.789. The summed E-state index contributed by atoms with van der Waals surface area (Å²) in [4.78, 5) is 37.3. The Labute approximate surface area is 122 Å². The summed E-state index contributed by atoms with van der Waals surface area (Å²) < 4.78 is 1.36. The molecule has 9 nitrogen and oxygen atoms in total. The molecular formula is C11H10N6O3S. The third kappa shape index (κ3) is 2.29. The van der Waals surface area contributed by atoms with Crippen molar-refractivity contribution in [1.29, 1.82) is 0 Å². The Kier molecular flexibility index (Phi) is 3.22. The topological polar surface area (TPSA) is 110 Å². The van der Waals surface area contributed by atoms with E-state index >= 15 is 0 Å². The molecule has 3 rings (SSSR count). The molecule has 21 heavy (non-hydrogen) atoms. The van der Waals surface area contributed by atoms with Crippen LogP contribution in [-0.4, -0.2) is 55.4 Å². The summed E-state index contributed by atoms with van der Waals surface area (Å²) >= 11 is 1.20. The average molecular weight is 306 g/mol.